The Balaban J connectivity index is 1.74. The van der Waals surface area contributed by atoms with Crippen LogP contribution in [0.15, 0.2) is 35.1 Å². The molecule has 7 nitrogen and oxygen atoms in total. The van der Waals surface area contributed by atoms with E-state index in [1.807, 2.05) is 0 Å². The minimum Gasteiger partial charge on any atom is -0.336 e. The largest absolute Gasteiger partial charge is 0.389 e. The van der Waals surface area contributed by atoms with Gasteiger partial charge in [0.25, 0.3) is 5.56 Å². The molecule has 1 N–H and O–H groups in total. The number of amides is 2. The molecule has 1 aromatic carbocycles. The molecular formula is C22H24ClF3N4O3. The van der Waals surface area contributed by atoms with E-state index in [2.05, 4.69) is 10.3 Å². The van der Waals surface area contributed by atoms with Gasteiger partial charge >= 0.3 is 12.2 Å². The number of nitrogens with one attached hydrogen (secondary N) is 1. The maximum atomic E-state index is 12.8. The van der Waals surface area contributed by atoms with Crippen LogP contribution >= 0.6 is 11.6 Å². The molecule has 3 rings (SSSR count). The predicted octanol–water partition coefficient (Wildman–Crippen LogP) is 3.82. The molecule has 33 heavy (non-hydrogen) atoms. The Morgan fingerprint density at radius 1 is 1.15 bits per heavy atom. The van der Waals surface area contributed by atoms with Crippen molar-refractivity contribution in [2.75, 3.05) is 19.6 Å². The van der Waals surface area contributed by atoms with Crippen molar-refractivity contribution >= 4 is 23.4 Å². The molecule has 1 fully saturated rings. The fourth-order valence-corrected chi connectivity index (χ4v) is 3.70. The van der Waals surface area contributed by atoms with E-state index >= 15 is 0 Å². The first-order chi connectivity index (χ1) is 15.6. The second-order valence-corrected chi connectivity index (χ2v) is 8.26. The molecule has 2 amide bonds. The van der Waals surface area contributed by atoms with Crippen LogP contribution in [0, 0.1) is 0 Å². The summed E-state index contributed by atoms with van der Waals surface area (Å²) in [4.78, 5) is 42.8. The molecule has 0 bridgehead atoms. The van der Waals surface area contributed by atoms with Gasteiger partial charge in [0.2, 0.25) is 0 Å². The van der Waals surface area contributed by atoms with E-state index in [0.717, 1.165) is 4.57 Å². The second-order valence-electron chi connectivity index (χ2n) is 7.82. The number of Topliss-reactive ketones (excluding diaryl/α,β-unsaturated/α-hetero) is 1. The smallest absolute Gasteiger partial charge is 0.336 e. The fourth-order valence-electron chi connectivity index (χ4n) is 3.58. The summed E-state index contributed by atoms with van der Waals surface area (Å²) < 4.78 is 39.1. The van der Waals surface area contributed by atoms with Crippen LogP contribution in [0.3, 0.4) is 0 Å². The molecule has 11 heteroatoms. The number of alkyl halides is 3. The lowest BCUT2D eigenvalue weighted by atomic mass is 10.1. The van der Waals surface area contributed by atoms with E-state index in [0.29, 0.717) is 42.3 Å². The molecule has 0 spiro atoms. The number of hydrogen-bond donors (Lipinski definition) is 1. The van der Waals surface area contributed by atoms with Gasteiger partial charge in [-0.15, -0.1) is 0 Å². The van der Waals surface area contributed by atoms with Crippen LogP contribution in [0.5, 0.6) is 0 Å². The minimum atomic E-state index is -4.32. The molecular weight excluding hydrogens is 461 g/mol. The van der Waals surface area contributed by atoms with Crippen LogP contribution in [0.4, 0.5) is 18.0 Å². The molecule has 2 aromatic rings. The minimum absolute atomic E-state index is 0.0998. The predicted molar refractivity (Wildman–Crippen MR) is 117 cm³/mol. The SMILES string of the molecule is O=C(CCCN1CCNC1=O)Cn1c(CCCC(F)(F)F)nc(-c2ccc(Cl)cc2)cc1=O. The molecule has 1 aliphatic rings. The number of benzene rings is 1. The van der Waals surface area contributed by atoms with Crippen LogP contribution in [0.25, 0.3) is 11.3 Å². The summed E-state index contributed by atoms with van der Waals surface area (Å²) in [5.41, 5.74) is 0.391. The summed E-state index contributed by atoms with van der Waals surface area (Å²) in [6.07, 6.45) is -5.12. The van der Waals surface area contributed by atoms with Gasteiger partial charge in [0.05, 0.1) is 12.2 Å². The van der Waals surface area contributed by atoms with Crippen molar-refractivity contribution in [3.63, 3.8) is 0 Å². The summed E-state index contributed by atoms with van der Waals surface area (Å²) in [6.45, 7) is 1.28. The van der Waals surface area contributed by atoms with Crippen molar-refractivity contribution in [3.05, 3.63) is 51.5 Å². The highest BCUT2D eigenvalue weighted by Gasteiger charge is 2.26. The molecule has 0 saturated carbocycles. The summed E-state index contributed by atoms with van der Waals surface area (Å²) in [5, 5.41) is 3.17. The van der Waals surface area contributed by atoms with Crippen molar-refractivity contribution in [1.29, 1.82) is 0 Å². The van der Waals surface area contributed by atoms with Gasteiger partial charge in [0.15, 0.2) is 5.78 Å². The lowest BCUT2D eigenvalue weighted by Crippen LogP contribution is -2.30. The zero-order chi connectivity index (χ0) is 24.0. The zero-order valence-corrected chi connectivity index (χ0v) is 18.6. The number of aromatic nitrogens is 2. The first kappa shape index (κ1) is 24.8. The van der Waals surface area contributed by atoms with Crippen LogP contribution in [-0.2, 0) is 17.8 Å². The number of carbonyl (C=O) groups is 2. The van der Waals surface area contributed by atoms with E-state index in [-0.39, 0.29) is 43.4 Å². The lowest BCUT2D eigenvalue weighted by Gasteiger charge is -2.15. The molecule has 178 valence electrons. The maximum absolute atomic E-state index is 12.8. The van der Waals surface area contributed by atoms with Crippen molar-refractivity contribution in [2.24, 2.45) is 0 Å². The highest BCUT2D eigenvalue weighted by molar-refractivity contribution is 6.30. The van der Waals surface area contributed by atoms with Gasteiger partial charge in [-0.25, -0.2) is 9.78 Å². The van der Waals surface area contributed by atoms with Gasteiger partial charge in [-0.2, -0.15) is 13.2 Å². The normalized spacial score (nSPS) is 13.9. The van der Waals surface area contributed by atoms with E-state index in [1.165, 1.54) is 6.07 Å². The van der Waals surface area contributed by atoms with Crippen LogP contribution in [0.1, 0.15) is 31.5 Å². The topological polar surface area (TPSA) is 84.3 Å². The Morgan fingerprint density at radius 2 is 1.88 bits per heavy atom. The van der Waals surface area contributed by atoms with Gasteiger partial charge in [0.1, 0.15) is 5.82 Å². The molecule has 1 saturated heterocycles. The quantitative estimate of drug-likeness (QED) is 0.555. The Labute approximate surface area is 193 Å². The average molecular weight is 485 g/mol. The van der Waals surface area contributed by atoms with E-state index in [4.69, 9.17) is 11.6 Å². The third-order valence-corrected chi connectivity index (χ3v) is 5.50. The van der Waals surface area contributed by atoms with Crippen molar-refractivity contribution in [1.82, 2.24) is 19.8 Å². The Morgan fingerprint density at radius 3 is 2.52 bits per heavy atom. The second kappa shape index (κ2) is 10.8. The Bertz CT molecular complexity index is 1050. The third-order valence-electron chi connectivity index (χ3n) is 5.25. The summed E-state index contributed by atoms with van der Waals surface area (Å²) >= 11 is 5.89. The number of ketones is 1. The Kier molecular flexibility index (Phi) is 8.12. The molecule has 0 unspecified atom stereocenters. The van der Waals surface area contributed by atoms with Crippen LogP contribution in [0.2, 0.25) is 5.02 Å². The lowest BCUT2D eigenvalue weighted by molar-refractivity contribution is -0.135. The fraction of sp³-hybridized carbons (Fsp3) is 0.455. The summed E-state index contributed by atoms with van der Waals surface area (Å²) in [6, 6.07) is 7.65. The summed E-state index contributed by atoms with van der Waals surface area (Å²) in [5.74, 6) is -0.126. The first-order valence-corrected chi connectivity index (χ1v) is 11.0. The number of hydrogen-bond acceptors (Lipinski definition) is 4. The molecule has 0 aliphatic carbocycles. The Hall–Kier alpha value is -2.88. The summed E-state index contributed by atoms with van der Waals surface area (Å²) in [7, 11) is 0. The molecule has 1 aromatic heterocycles. The van der Waals surface area contributed by atoms with Crippen molar-refractivity contribution < 1.29 is 22.8 Å². The number of halogens is 4. The van der Waals surface area contributed by atoms with E-state index in [9.17, 15) is 27.6 Å². The van der Waals surface area contributed by atoms with Gasteiger partial charge in [0, 0.05) is 55.5 Å². The number of aryl methyl sites for hydroxylation is 1. The van der Waals surface area contributed by atoms with Crippen LogP contribution in [-0.4, -0.2) is 52.1 Å². The van der Waals surface area contributed by atoms with E-state index < -0.39 is 18.2 Å². The van der Waals surface area contributed by atoms with Gasteiger partial charge in [-0.3, -0.25) is 14.2 Å². The van der Waals surface area contributed by atoms with Crippen molar-refractivity contribution in [2.45, 2.75) is 44.8 Å². The zero-order valence-electron chi connectivity index (χ0n) is 17.8. The standard InChI is InChI=1S/C22H24ClF3N4O3/c23-16-7-5-15(6-8-16)18-13-20(32)30(19(28-18)4-1-9-22(24,25)26)14-17(31)3-2-11-29-12-10-27-21(29)33/h5-8,13H,1-4,9-12,14H2,(H,27,33). The van der Waals surface area contributed by atoms with Crippen LogP contribution < -0.4 is 10.9 Å². The average Bonchev–Trinajstić information content (AvgIpc) is 3.14. The van der Waals surface area contributed by atoms with E-state index in [1.54, 1.807) is 29.2 Å². The molecule has 0 radical (unpaired) electrons. The number of rotatable bonds is 10. The van der Waals surface area contributed by atoms with Gasteiger partial charge < -0.3 is 10.2 Å². The molecule has 1 aliphatic heterocycles. The maximum Gasteiger partial charge on any atom is 0.389 e. The molecule has 2 heterocycles. The van der Waals surface area contributed by atoms with Gasteiger partial charge in [-0.1, -0.05) is 23.7 Å². The first-order valence-electron chi connectivity index (χ1n) is 10.6. The number of carbonyl (C=O) groups excluding carboxylic acids is 2. The monoisotopic (exact) mass is 484 g/mol. The van der Waals surface area contributed by atoms with Gasteiger partial charge in [-0.05, 0) is 25.0 Å². The number of nitrogens with zero attached hydrogens (tertiary/aromatic N) is 3. The number of urea groups is 1. The highest BCUT2D eigenvalue weighted by Crippen LogP contribution is 2.23. The third kappa shape index (κ3) is 7.31. The highest BCUT2D eigenvalue weighted by atomic mass is 35.5. The molecule has 0 atom stereocenters. The van der Waals surface area contributed by atoms with Crippen molar-refractivity contribution in [3.8, 4) is 11.3 Å².